The number of nitrogens with one attached hydrogen (secondary N) is 1. The van der Waals surface area contributed by atoms with Gasteiger partial charge in [0, 0.05) is 31.1 Å². The van der Waals surface area contributed by atoms with Crippen LogP contribution in [0.3, 0.4) is 0 Å². The van der Waals surface area contributed by atoms with Gasteiger partial charge in [0.15, 0.2) is 0 Å². The Balaban J connectivity index is 1.83. The van der Waals surface area contributed by atoms with E-state index in [1.54, 1.807) is 6.33 Å². The lowest BCUT2D eigenvalue weighted by molar-refractivity contribution is 0.578. The first kappa shape index (κ1) is 10.3. The molecular weight excluding hydrogens is 224 g/mol. The fourth-order valence-electron chi connectivity index (χ4n) is 3.33. The van der Waals surface area contributed by atoms with Crippen LogP contribution in [0.25, 0.3) is 10.9 Å². The van der Waals surface area contributed by atoms with Gasteiger partial charge in [-0.2, -0.15) is 0 Å². The number of hydrogen-bond donors (Lipinski definition) is 1. The van der Waals surface area contributed by atoms with Crippen LogP contribution >= 0.6 is 0 Å². The number of rotatable bonds is 1. The van der Waals surface area contributed by atoms with Crippen LogP contribution in [-0.2, 0) is 0 Å². The molecule has 18 heavy (non-hydrogen) atoms. The third-order valence-corrected chi connectivity index (χ3v) is 4.24. The van der Waals surface area contributed by atoms with Gasteiger partial charge in [0.25, 0.3) is 0 Å². The second-order valence-corrected chi connectivity index (χ2v) is 5.18. The molecule has 4 heteroatoms. The van der Waals surface area contributed by atoms with Gasteiger partial charge in [-0.25, -0.2) is 9.97 Å². The van der Waals surface area contributed by atoms with E-state index in [1.807, 2.05) is 6.07 Å². The van der Waals surface area contributed by atoms with Gasteiger partial charge in [-0.3, -0.25) is 0 Å². The summed E-state index contributed by atoms with van der Waals surface area (Å²) in [5.41, 5.74) is 1.04. The highest BCUT2D eigenvalue weighted by molar-refractivity contribution is 5.89. The fraction of sp³-hybridized carbons (Fsp3) is 0.429. The maximum Gasteiger partial charge on any atom is 0.140 e. The number of benzene rings is 1. The molecule has 4 rings (SSSR count). The van der Waals surface area contributed by atoms with Gasteiger partial charge in [-0.1, -0.05) is 12.1 Å². The Morgan fingerprint density at radius 3 is 3.11 bits per heavy atom. The molecule has 2 fully saturated rings. The lowest BCUT2D eigenvalue weighted by Gasteiger charge is -2.25. The Labute approximate surface area is 106 Å². The van der Waals surface area contributed by atoms with Crippen molar-refractivity contribution in [1.29, 1.82) is 0 Å². The predicted molar refractivity (Wildman–Crippen MR) is 71.6 cm³/mol. The Morgan fingerprint density at radius 1 is 1.17 bits per heavy atom. The first-order valence-electron chi connectivity index (χ1n) is 6.60. The van der Waals surface area contributed by atoms with E-state index >= 15 is 0 Å². The maximum absolute atomic E-state index is 4.54. The van der Waals surface area contributed by atoms with E-state index in [4.69, 9.17) is 0 Å². The average Bonchev–Trinajstić information content (AvgIpc) is 3.01. The van der Waals surface area contributed by atoms with E-state index in [2.05, 4.69) is 38.4 Å². The molecule has 2 atom stereocenters. The van der Waals surface area contributed by atoms with Crippen LogP contribution in [0.2, 0.25) is 0 Å². The van der Waals surface area contributed by atoms with Gasteiger partial charge in [0.1, 0.15) is 12.1 Å². The highest BCUT2D eigenvalue weighted by atomic mass is 15.3. The van der Waals surface area contributed by atoms with Crippen LogP contribution in [0.4, 0.5) is 5.82 Å². The summed E-state index contributed by atoms with van der Waals surface area (Å²) >= 11 is 0. The van der Waals surface area contributed by atoms with Gasteiger partial charge in [0.05, 0.1) is 5.52 Å². The molecule has 1 aromatic carbocycles. The van der Waals surface area contributed by atoms with Gasteiger partial charge in [0.2, 0.25) is 0 Å². The van der Waals surface area contributed by atoms with E-state index in [1.165, 1.54) is 11.8 Å². The minimum Gasteiger partial charge on any atom is -0.351 e. The van der Waals surface area contributed by atoms with Crippen molar-refractivity contribution >= 4 is 16.7 Å². The van der Waals surface area contributed by atoms with Crippen molar-refractivity contribution in [1.82, 2.24) is 15.3 Å². The minimum atomic E-state index is 0.614. The monoisotopic (exact) mass is 240 g/mol. The molecule has 0 amide bonds. The fourth-order valence-corrected chi connectivity index (χ4v) is 3.33. The summed E-state index contributed by atoms with van der Waals surface area (Å²) in [5.74, 6) is 1.90. The SMILES string of the molecule is c1ccc2c(N3CC[C@H]4CNC[C@H]43)ncnc2c1. The molecule has 0 radical (unpaired) electrons. The summed E-state index contributed by atoms with van der Waals surface area (Å²) in [6.45, 7) is 3.37. The lowest BCUT2D eigenvalue weighted by Crippen LogP contribution is -2.34. The van der Waals surface area contributed by atoms with Gasteiger partial charge in [-0.15, -0.1) is 0 Å². The highest BCUT2D eigenvalue weighted by Crippen LogP contribution is 2.33. The van der Waals surface area contributed by atoms with E-state index in [-0.39, 0.29) is 0 Å². The van der Waals surface area contributed by atoms with E-state index < -0.39 is 0 Å². The molecule has 92 valence electrons. The number of anilines is 1. The molecule has 2 aliphatic heterocycles. The second kappa shape index (κ2) is 3.92. The van der Waals surface area contributed by atoms with Crippen molar-refractivity contribution in [2.75, 3.05) is 24.5 Å². The summed E-state index contributed by atoms with van der Waals surface area (Å²) in [6.07, 6.45) is 2.96. The molecule has 4 nitrogen and oxygen atoms in total. The minimum absolute atomic E-state index is 0.614. The van der Waals surface area contributed by atoms with Crippen LogP contribution in [0.15, 0.2) is 30.6 Å². The summed E-state index contributed by atoms with van der Waals surface area (Å²) < 4.78 is 0. The van der Waals surface area contributed by atoms with E-state index in [0.29, 0.717) is 6.04 Å². The molecular formula is C14H16N4. The molecule has 3 heterocycles. The van der Waals surface area contributed by atoms with Crippen LogP contribution in [-0.4, -0.2) is 35.6 Å². The van der Waals surface area contributed by atoms with Gasteiger partial charge < -0.3 is 10.2 Å². The van der Waals surface area contributed by atoms with Crippen LogP contribution in [0.5, 0.6) is 0 Å². The second-order valence-electron chi connectivity index (χ2n) is 5.18. The Bertz CT molecular complexity index is 578. The third-order valence-electron chi connectivity index (χ3n) is 4.24. The first-order valence-corrected chi connectivity index (χ1v) is 6.60. The Morgan fingerprint density at radius 2 is 2.11 bits per heavy atom. The topological polar surface area (TPSA) is 41.0 Å². The smallest absolute Gasteiger partial charge is 0.140 e. The van der Waals surface area contributed by atoms with Crippen LogP contribution < -0.4 is 10.2 Å². The zero-order chi connectivity index (χ0) is 11.9. The number of para-hydroxylation sites is 1. The third kappa shape index (κ3) is 1.42. The maximum atomic E-state index is 4.54. The molecule has 0 saturated carbocycles. The van der Waals surface area contributed by atoms with Crippen molar-refractivity contribution in [3.05, 3.63) is 30.6 Å². The number of hydrogen-bond acceptors (Lipinski definition) is 4. The van der Waals surface area contributed by atoms with Crippen molar-refractivity contribution in [2.45, 2.75) is 12.5 Å². The zero-order valence-corrected chi connectivity index (χ0v) is 10.2. The molecule has 2 saturated heterocycles. The standard InChI is InChI=1S/C14H16N4/c1-2-4-12-11(3-1)14(17-9-16-12)18-6-5-10-7-15-8-13(10)18/h1-4,9-10,13,15H,5-8H2/t10-,13+/m0/s1. The largest absolute Gasteiger partial charge is 0.351 e. The number of fused-ring (bicyclic) bond motifs is 2. The quantitative estimate of drug-likeness (QED) is 0.818. The summed E-state index contributed by atoms with van der Waals surface area (Å²) in [7, 11) is 0. The van der Waals surface area contributed by atoms with Gasteiger partial charge in [-0.05, 0) is 24.5 Å². The molecule has 2 aliphatic rings. The first-order chi connectivity index (χ1) is 8.93. The Hall–Kier alpha value is -1.68. The predicted octanol–water partition coefficient (Wildman–Crippen LogP) is 1.43. The average molecular weight is 240 g/mol. The van der Waals surface area contributed by atoms with Crippen LogP contribution in [0.1, 0.15) is 6.42 Å². The molecule has 0 bridgehead atoms. The molecule has 1 N–H and O–H groups in total. The van der Waals surface area contributed by atoms with Crippen molar-refractivity contribution < 1.29 is 0 Å². The normalized spacial score (nSPS) is 26.8. The molecule has 0 unspecified atom stereocenters. The van der Waals surface area contributed by atoms with Crippen LogP contribution in [0, 0.1) is 5.92 Å². The molecule has 2 aromatic rings. The van der Waals surface area contributed by atoms with Crippen molar-refractivity contribution in [2.24, 2.45) is 5.92 Å². The molecule has 1 aromatic heterocycles. The summed E-state index contributed by atoms with van der Waals surface area (Å²) in [6, 6.07) is 8.89. The lowest BCUT2D eigenvalue weighted by atomic mass is 10.1. The number of nitrogens with zero attached hydrogens (tertiary/aromatic N) is 3. The van der Waals surface area contributed by atoms with E-state index in [0.717, 1.165) is 36.9 Å². The molecule has 0 spiro atoms. The van der Waals surface area contributed by atoms with Crippen molar-refractivity contribution in [3.63, 3.8) is 0 Å². The van der Waals surface area contributed by atoms with Crippen molar-refractivity contribution in [3.8, 4) is 0 Å². The Kier molecular flexibility index (Phi) is 2.23. The van der Waals surface area contributed by atoms with Gasteiger partial charge >= 0.3 is 0 Å². The molecule has 0 aliphatic carbocycles. The van der Waals surface area contributed by atoms with E-state index in [9.17, 15) is 0 Å². The highest BCUT2D eigenvalue weighted by Gasteiger charge is 2.38. The number of aromatic nitrogens is 2. The zero-order valence-electron chi connectivity index (χ0n) is 10.2. The summed E-state index contributed by atoms with van der Waals surface area (Å²) in [4.78, 5) is 11.3. The summed E-state index contributed by atoms with van der Waals surface area (Å²) in [5, 5.41) is 4.66.